The van der Waals surface area contributed by atoms with Crippen LogP contribution in [0.2, 0.25) is 0 Å². The van der Waals surface area contributed by atoms with E-state index in [9.17, 15) is 0 Å². The topological polar surface area (TPSA) is 3.24 Å². The highest BCUT2D eigenvalue weighted by molar-refractivity contribution is 7.26. The van der Waals surface area contributed by atoms with E-state index in [0.717, 1.165) is 11.8 Å². The summed E-state index contributed by atoms with van der Waals surface area (Å²) in [7, 11) is 0. The van der Waals surface area contributed by atoms with Gasteiger partial charge in [-0.3, -0.25) is 0 Å². The summed E-state index contributed by atoms with van der Waals surface area (Å²) in [6.07, 6.45) is 5.38. The SMILES string of the molecule is CC1(C)c2ccccc2-c2cccc(-c3cccc(N(c4ccc5c(c4)C4(CC6CCC4C6)c4ccccc4-5)c4cccc5c4sc4ccccc45)c3)c21. The number of rotatable bonds is 4. The maximum atomic E-state index is 2.61. The van der Waals surface area contributed by atoms with Crippen LogP contribution in [-0.4, -0.2) is 0 Å². The van der Waals surface area contributed by atoms with Crippen LogP contribution in [0.4, 0.5) is 17.1 Å². The number of hydrogen-bond acceptors (Lipinski definition) is 2. The van der Waals surface area contributed by atoms with Crippen molar-refractivity contribution < 1.29 is 0 Å². The average molecular weight is 712 g/mol. The number of anilines is 3. The molecule has 8 aromatic rings. The predicted octanol–water partition coefficient (Wildman–Crippen LogP) is 14.6. The van der Waals surface area contributed by atoms with E-state index in [1.165, 1.54) is 107 Å². The molecule has 54 heavy (non-hydrogen) atoms. The van der Waals surface area contributed by atoms with E-state index in [4.69, 9.17) is 0 Å². The van der Waals surface area contributed by atoms with Crippen molar-refractivity contribution in [3.05, 3.63) is 174 Å². The van der Waals surface area contributed by atoms with Crippen LogP contribution < -0.4 is 4.90 Å². The molecule has 1 nitrogen and oxygen atoms in total. The molecule has 2 saturated carbocycles. The smallest absolute Gasteiger partial charge is 0.0640 e. The van der Waals surface area contributed by atoms with Gasteiger partial charge in [-0.15, -0.1) is 11.3 Å². The maximum Gasteiger partial charge on any atom is 0.0640 e. The third-order valence-electron chi connectivity index (χ3n) is 13.9. The van der Waals surface area contributed by atoms with Crippen LogP contribution in [0.3, 0.4) is 0 Å². The minimum Gasteiger partial charge on any atom is -0.309 e. The van der Waals surface area contributed by atoms with Crippen LogP contribution >= 0.6 is 11.3 Å². The second-order valence-corrected chi connectivity index (χ2v) is 17.9. The predicted molar refractivity (Wildman–Crippen MR) is 229 cm³/mol. The lowest BCUT2D eigenvalue weighted by atomic mass is 9.67. The van der Waals surface area contributed by atoms with Gasteiger partial charge in [0, 0.05) is 37.7 Å². The fraction of sp³-hybridized carbons (Fsp3) is 0.192. The van der Waals surface area contributed by atoms with E-state index >= 15 is 0 Å². The zero-order valence-electron chi connectivity index (χ0n) is 30.8. The van der Waals surface area contributed by atoms with E-state index in [1.807, 2.05) is 11.3 Å². The first-order chi connectivity index (χ1) is 26.5. The second kappa shape index (κ2) is 11.1. The van der Waals surface area contributed by atoms with E-state index in [0.29, 0.717) is 0 Å². The molecule has 0 radical (unpaired) electrons. The molecule has 1 heterocycles. The van der Waals surface area contributed by atoms with Crippen LogP contribution in [0.1, 0.15) is 61.8 Å². The molecule has 7 aromatic carbocycles. The number of fused-ring (bicyclic) bond motifs is 14. The van der Waals surface area contributed by atoms with Gasteiger partial charge in [-0.1, -0.05) is 136 Å². The standard InChI is InChI=1S/C52H41NS/c1-51(2)44-20-6-3-15-39(44)42-18-10-17-37(49(42)51)33-12-9-13-35(29-33)53(47-22-11-19-43-41-16-5-8-23-48(41)54-50(43)47)36-26-27-40-38-14-4-7-21-45(38)52(46(40)30-36)31-32-24-25-34(52)28-32/h3-23,26-27,29-30,32,34H,24-25,28,31H2,1-2H3. The summed E-state index contributed by atoms with van der Waals surface area (Å²) in [6.45, 7) is 4.79. The van der Waals surface area contributed by atoms with Crippen LogP contribution in [0.25, 0.3) is 53.6 Å². The van der Waals surface area contributed by atoms with Crippen molar-refractivity contribution in [1.82, 2.24) is 0 Å². The first kappa shape index (κ1) is 31.0. The van der Waals surface area contributed by atoms with Gasteiger partial charge in [0.25, 0.3) is 0 Å². The van der Waals surface area contributed by atoms with Crippen molar-refractivity contribution in [3.63, 3.8) is 0 Å². The van der Waals surface area contributed by atoms with Gasteiger partial charge < -0.3 is 4.90 Å². The third-order valence-corrected chi connectivity index (χ3v) is 15.1. The summed E-state index contributed by atoms with van der Waals surface area (Å²) in [6, 6.07) is 57.9. The Morgan fingerprint density at radius 2 is 1.24 bits per heavy atom. The largest absolute Gasteiger partial charge is 0.309 e. The Balaban J connectivity index is 1.09. The normalized spacial score (nSPS) is 21.1. The molecule has 260 valence electrons. The second-order valence-electron chi connectivity index (χ2n) is 16.9. The number of hydrogen-bond donors (Lipinski definition) is 0. The Bertz CT molecular complexity index is 2860. The Labute approximate surface area is 321 Å². The van der Waals surface area contributed by atoms with E-state index in [1.54, 1.807) is 11.1 Å². The van der Waals surface area contributed by atoms with Crippen molar-refractivity contribution in [2.75, 3.05) is 4.90 Å². The molecule has 12 rings (SSSR count). The van der Waals surface area contributed by atoms with Gasteiger partial charge in [0.05, 0.1) is 10.4 Å². The van der Waals surface area contributed by atoms with Gasteiger partial charge in [-0.2, -0.15) is 0 Å². The zero-order valence-corrected chi connectivity index (χ0v) is 31.6. The minimum atomic E-state index is -0.0924. The molecule has 2 heteroatoms. The van der Waals surface area contributed by atoms with Crippen molar-refractivity contribution in [1.29, 1.82) is 0 Å². The number of nitrogens with zero attached hydrogens (tertiary/aromatic N) is 1. The molecule has 0 amide bonds. The molecular formula is C52H41NS. The summed E-state index contributed by atoms with van der Waals surface area (Å²) in [5.41, 5.74) is 17.9. The number of thiophene rings is 1. The molecule has 0 saturated heterocycles. The fourth-order valence-corrected chi connectivity index (χ4v) is 13.0. The van der Waals surface area contributed by atoms with Crippen molar-refractivity contribution in [3.8, 4) is 33.4 Å². The lowest BCUT2D eigenvalue weighted by molar-refractivity contribution is 0.327. The summed E-state index contributed by atoms with van der Waals surface area (Å²) in [5.74, 6) is 1.55. The molecule has 0 N–H and O–H groups in total. The summed E-state index contributed by atoms with van der Waals surface area (Å²) in [4.78, 5) is 2.58. The minimum absolute atomic E-state index is 0.0924. The van der Waals surface area contributed by atoms with Gasteiger partial charge in [0.15, 0.2) is 0 Å². The van der Waals surface area contributed by atoms with Gasteiger partial charge >= 0.3 is 0 Å². The van der Waals surface area contributed by atoms with Crippen LogP contribution in [0.15, 0.2) is 152 Å². The van der Waals surface area contributed by atoms with Gasteiger partial charge in [-0.05, 0) is 123 Å². The van der Waals surface area contributed by atoms with E-state index < -0.39 is 0 Å². The molecule has 3 atom stereocenters. The highest BCUT2D eigenvalue weighted by atomic mass is 32.1. The summed E-state index contributed by atoms with van der Waals surface area (Å²) < 4.78 is 2.67. The van der Waals surface area contributed by atoms with Crippen molar-refractivity contribution in [2.24, 2.45) is 11.8 Å². The van der Waals surface area contributed by atoms with Crippen LogP contribution in [0.5, 0.6) is 0 Å². The van der Waals surface area contributed by atoms with Crippen LogP contribution in [0, 0.1) is 11.8 Å². The summed E-state index contributed by atoms with van der Waals surface area (Å²) in [5, 5.41) is 2.66. The number of benzene rings is 7. The average Bonchev–Trinajstić information content (AvgIpc) is 4.03. The highest BCUT2D eigenvalue weighted by Crippen LogP contribution is 2.66. The van der Waals surface area contributed by atoms with Gasteiger partial charge in [0.1, 0.15) is 0 Å². The Morgan fingerprint density at radius 1 is 0.556 bits per heavy atom. The Hall–Kier alpha value is -5.44. The van der Waals surface area contributed by atoms with Crippen molar-refractivity contribution in [2.45, 2.75) is 50.4 Å². The van der Waals surface area contributed by atoms with Gasteiger partial charge in [0.2, 0.25) is 0 Å². The fourth-order valence-electron chi connectivity index (χ4n) is 11.8. The monoisotopic (exact) mass is 711 g/mol. The van der Waals surface area contributed by atoms with E-state index in [-0.39, 0.29) is 10.8 Å². The Kier molecular flexibility index (Phi) is 6.34. The lowest BCUT2D eigenvalue weighted by Crippen LogP contribution is -2.32. The molecular weight excluding hydrogens is 671 g/mol. The molecule has 1 spiro atoms. The molecule has 4 aliphatic rings. The zero-order chi connectivity index (χ0) is 35.8. The summed E-state index contributed by atoms with van der Waals surface area (Å²) >= 11 is 1.92. The molecule has 3 unspecified atom stereocenters. The first-order valence-corrected chi connectivity index (χ1v) is 20.6. The quantitative estimate of drug-likeness (QED) is 0.176. The van der Waals surface area contributed by atoms with E-state index in [2.05, 4.69) is 170 Å². The first-order valence-electron chi connectivity index (χ1n) is 19.8. The maximum absolute atomic E-state index is 2.61. The molecule has 4 aliphatic carbocycles. The van der Waals surface area contributed by atoms with Crippen molar-refractivity contribution >= 4 is 48.6 Å². The molecule has 1 aromatic heterocycles. The molecule has 0 aliphatic heterocycles. The van der Waals surface area contributed by atoms with Gasteiger partial charge in [-0.25, -0.2) is 0 Å². The lowest BCUT2D eigenvalue weighted by Gasteiger charge is -2.37. The van der Waals surface area contributed by atoms with Crippen LogP contribution in [-0.2, 0) is 10.8 Å². The highest BCUT2D eigenvalue weighted by Gasteiger charge is 2.56. The molecule has 2 fully saturated rings. The third kappa shape index (κ3) is 4.05. The molecule has 2 bridgehead atoms. The Morgan fingerprint density at radius 3 is 2.09 bits per heavy atom.